The maximum atomic E-state index is 14.5. The van der Waals surface area contributed by atoms with E-state index in [4.69, 9.17) is 20.4 Å². The number of aromatic nitrogens is 4. The number of pyridine rings is 1. The molecule has 0 radical (unpaired) electrons. The molecule has 12 heteroatoms. The molecule has 7 rings (SSSR count). The number of benzene rings is 2. The summed E-state index contributed by atoms with van der Waals surface area (Å²) in [6.07, 6.45) is 1.20. The first-order chi connectivity index (χ1) is 21.6. The highest BCUT2D eigenvalue weighted by molar-refractivity contribution is 6.00. The third-order valence-electron chi connectivity index (χ3n) is 8.73. The van der Waals surface area contributed by atoms with Crippen molar-refractivity contribution in [1.82, 2.24) is 24.0 Å². The Balaban J connectivity index is 1.36. The molecule has 2 aromatic carbocycles. The fourth-order valence-corrected chi connectivity index (χ4v) is 6.40. The highest BCUT2D eigenvalue weighted by Crippen LogP contribution is 2.38. The number of carboxylic acids is 1. The van der Waals surface area contributed by atoms with Gasteiger partial charge in [0.1, 0.15) is 34.5 Å². The number of nitrogens with two attached hydrogens (primary N) is 1. The molecule has 10 nitrogen and oxygen atoms in total. The number of carboxylic acid groups (broad SMARTS) is 1. The van der Waals surface area contributed by atoms with E-state index in [1.807, 2.05) is 23.7 Å². The molecule has 1 amide bonds. The number of rotatable bonds is 7. The average Bonchev–Trinajstić information content (AvgIpc) is 3.68. The Bertz CT molecular complexity index is 1990. The number of nitrogens with zero attached hydrogens (tertiary/aromatic N) is 5. The lowest BCUT2D eigenvalue weighted by atomic mass is 10.0. The summed E-state index contributed by atoms with van der Waals surface area (Å²) in [6, 6.07) is 12.6. The minimum Gasteiger partial charge on any atom is -0.494 e. The molecule has 232 valence electrons. The molecule has 1 aliphatic heterocycles. The Morgan fingerprint density at radius 2 is 1.91 bits per heavy atom. The summed E-state index contributed by atoms with van der Waals surface area (Å²) in [5, 5.41) is 10.5. The predicted octanol–water partition coefficient (Wildman–Crippen LogP) is 5.02. The molecule has 1 saturated heterocycles. The van der Waals surface area contributed by atoms with Crippen LogP contribution in [0.15, 0.2) is 48.5 Å². The van der Waals surface area contributed by atoms with E-state index in [0.29, 0.717) is 52.0 Å². The minimum absolute atomic E-state index is 0.0137. The fourth-order valence-electron chi connectivity index (χ4n) is 6.40. The molecule has 1 aliphatic carbocycles. The van der Waals surface area contributed by atoms with Crippen LogP contribution in [0.25, 0.3) is 44.8 Å². The summed E-state index contributed by atoms with van der Waals surface area (Å²) in [5.41, 5.74) is 9.09. The van der Waals surface area contributed by atoms with E-state index in [1.54, 1.807) is 24.3 Å². The Hall–Kier alpha value is -4.84. The number of fused-ring (bicyclic) bond motifs is 2. The number of carbonyl (C=O) groups is 2. The summed E-state index contributed by atoms with van der Waals surface area (Å²) in [6.45, 7) is 0.932. The van der Waals surface area contributed by atoms with Crippen molar-refractivity contribution in [2.45, 2.75) is 38.0 Å². The van der Waals surface area contributed by atoms with Crippen LogP contribution in [0.1, 0.15) is 40.0 Å². The van der Waals surface area contributed by atoms with Crippen molar-refractivity contribution in [3.63, 3.8) is 0 Å². The third-order valence-corrected chi connectivity index (χ3v) is 8.73. The van der Waals surface area contributed by atoms with E-state index in [0.717, 1.165) is 30.0 Å². The fraction of sp³-hybridized carbons (Fsp3) is 0.333. The van der Waals surface area contributed by atoms with Crippen LogP contribution in [-0.4, -0.2) is 73.4 Å². The molecule has 0 bridgehead atoms. The summed E-state index contributed by atoms with van der Waals surface area (Å²) >= 11 is 0. The Kier molecular flexibility index (Phi) is 7.03. The summed E-state index contributed by atoms with van der Waals surface area (Å²) < 4.78 is 38.5. The first kappa shape index (κ1) is 28.9. The van der Waals surface area contributed by atoms with Gasteiger partial charge in [-0.15, -0.1) is 0 Å². The van der Waals surface area contributed by atoms with Gasteiger partial charge in [0.25, 0.3) is 5.91 Å². The molecule has 2 aliphatic rings. The SMILES string of the molecule is COc1cc(C(=O)N2C[C@H](N)C[C@@H](F)C2)cc2nc(-c3cc4ccc(-c5cccc(F)c5C(=O)O)nc4n3CC3CC3)n(C)c12. The number of alkyl halides is 1. The number of aromatic carboxylic acids is 1. The lowest BCUT2D eigenvalue weighted by Gasteiger charge is -2.33. The topological polar surface area (TPSA) is 129 Å². The van der Waals surface area contributed by atoms with E-state index >= 15 is 0 Å². The average molecular weight is 615 g/mol. The molecule has 4 heterocycles. The molecule has 0 spiro atoms. The Morgan fingerprint density at radius 3 is 2.62 bits per heavy atom. The number of methoxy groups -OCH3 is 1. The number of piperidine rings is 1. The first-order valence-electron chi connectivity index (χ1n) is 14.9. The van der Waals surface area contributed by atoms with Gasteiger partial charge in [0.2, 0.25) is 0 Å². The van der Waals surface area contributed by atoms with Crippen LogP contribution in [0.3, 0.4) is 0 Å². The van der Waals surface area contributed by atoms with Gasteiger partial charge < -0.3 is 29.6 Å². The molecule has 1 saturated carbocycles. The van der Waals surface area contributed by atoms with Crippen LogP contribution >= 0.6 is 0 Å². The van der Waals surface area contributed by atoms with Crippen molar-refractivity contribution >= 4 is 33.9 Å². The summed E-state index contributed by atoms with van der Waals surface area (Å²) in [5.74, 6) is -0.995. The number of imidazole rings is 1. The third kappa shape index (κ3) is 5.08. The molecule has 3 aromatic heterocycles. The maximum Gasteiger partial charge on any atom is 0.339 e. The van der Waals surface area contributed by atoms with Crippen molar-refractivity contribution in [1.29, 1.82) is 0 Å². The smallest absolute Gasteiger partial charge is 0.339 e. The second kappa shape index (κ2) is 11.0. The molecule has 5 aromatic rings. The van der Waals surface area contributed by atoms with E-state index in [-0.39, 0.29) is 31.0 Å². The number of carbonyl (C=O) groups excluding carboxylic acids is 1. The van der Waals surface area contributed by atoms with E-state index in [1.165, 1.54) is 18.1 Å². The lowest BCUT2D eigenvalue weighted by molar-refractivity contribution is 0.0606. The van der Waals surface area contributed by atoms with Crippen LogP contribution in [0.4, 0.5) is 8.78 Å². The van der Waals surface area contributed by atoms with Crippen LogP contribution in [0.2, 0.25) is 0 Å². The van der Waals surface area contributed by atoms with Gasteiger partial charge in [0.05, 0.1) is 30.6 Å². The van der Waals surface area contributed by atoms with Crippen LogP contribution < -0.4 is 10.5 Å². The van der Waals surface area contributed by atoms with Crippen molar-refractivity contribution in [2.24, 2.45) is 18.7 Å². The van der Waals surface area contributed by atoms with Gasteiger partial charge in [-0.25, -0.2) is 23.5 Å². The second-order valence-electron chi connectivity index (χ2n) is 12.0. The zero-order valence-corrected chi connectivity index (χ0v) is 24.8. The Labute approximate surface area is 257 Å². The van der Waals surface area contributed by atoms with Gasteiger partial charge in [0, 0.05) is 42.7 Å². The van der Waals surface area contributed by atoms with Crippen molar-refractivity contribution in [3.05, 3.63) is 65.5 Å². The Morgan fingerprint density at radius 1 is 1.11 bits per heavy atom. The molecular formula is C33H32F2N6O4. The van der Waals surface area contributed by atoms with Gasteiger partial charge in [-0.2, -0.15) is 0 Å². The maximum absolute atomic E-state index is 14.5. The molecule has 2 atom stereocenters. The molecular weight excluding hydrogens is 582 g/mol. The minimum atomic E-state index is -1.36. The van der Waals surface area contributed by atoms with Gasteiger partial charge in [-0.1, -0.05) is 12.1 Å². The lowest BCUT2D eigenvalue weighted by Crippen LogP contribution is -2.50. The van der Waals surface area contributed by atoms with Crippen LogP contribution in [0.5, 0.6) is 5.75 Å². The summed E-state index contributed by atoms with van der Waals surface area (Å²) in [7, 11) is 3.40. The largest absolute Gasteiger partial charge is 0.494 e. The zero-order chi connectivity index (χ0) is 31.6. The van der Waals surface area contributed by atoms with Crippen molar-refractivity contribution in [3.8, 4) is 28.5 Å². The number of hydrogen-bond acceptors (Lipinski definition) is 6. The highest BCUT2D eigenvalue weighted by atomic mass is 19.1. The van der Waals surface area contributed by atoms with Gasteiger partial charge in [-0.05, 0) is 61.6 Å². The van der Waals surface area contributed by atoms with Gasteiger partial charge in [-0.3, -0.25) is 4.79 Å². The number of halogens is 2. The number of aryl methyl sites for hydroxylation is 1. The number of amides is 1. The summed E-state index contributed by atoms with van der Waals surface area (Å²) in [4.78, 5) is 36.6. The normalized spacial score (nSPS) is 18.6. The zero-order valence-electron chi connectivity index (χ0n) is 24.8. The molecule has 0 unspecified atom stereocenters. The second-order valence-corrected chi connectivity index (χ2v) is 12.0. The van der Waals surface area contributed by atoms with Crippen molar-refractivity contribution < 1.29 is 28.2 Å². The van der Waals surface area contributed by atoms with E-state index in [2.05, 4.69) is 4.57 Å². The first-order valence-corrected chi connectivity index (χ1v) is 14.9. The molecule has 3 N–H and O–H groups in total. The van der Waals surface area contributed by atoms with E-state index < -0.39 is 29.6 Å². The monoisotopic (exact) mass is 614 g/mol. The van der Waals surface area contributed by atoms with Gasteiger partial charge >= 0.3 is 5.97 Å². The molecule has 45 heavy (non-hydrogen) atoms. The number of ether oxygens (including phenoxy) is 1. The predicted molar refractivity (Wildman–Crippen MR) is 164 cm³/mol. The van der Waals surface area contributed by atoms with Crippen molar-refractivity contribution in [2.75, 3.05) is 20.2 Å². The number of likely N-dealkylation sites (tertiary alicyclic amines) is 1. The highest BCUT2D eigenvalue weighted by Gasteiger charge is 2.31. The van der Waals surface area contributed by atoms with Gasteiger partial charge in [0.15, 0.2) is 5.82 Å². The van der Waals surface area contributed by atoms with Crippen LogP contribution in [-0.2, 0) is 13.6 Å². The van der Waals surface area contributed by atoms with Crippen LogP contribution in [0, 0.1) is 11.7 Å². The molecule has 2 fully saturated rings. The quantitative estimate of drug-likeness (QED) is 0.263. The van der Waals surface area contributed by atoms with E-state index in [9.17, 15) is 23.5 Å². The number of hydrogen-bond donors (Lipinski definition) is 2. The standard InChI is InChI=1S/C33H32F2N6O4/c1-39-29-25(10-19(12-27(29)45-2)32(42)40-15-20(34)13-21(36)16-40)38-31(39)26-11-18-8-9-24(37-30(18)41(26)14-17-6-7-17)22-4-3-5-23(35)28(22)33(43)44/h3-5,8-12,17,20-21H,6-7,13-16,36H2,1-2H3,(H,43,44)/t20-,21-/m1/s1.